The lowest BCUT2D eigenvalue weighted by molar-refractivity contribution is -0.150. The molecule has 0 radical (unpaired) electrons. The van der Waals surface area contributed by atoms with Crippen LogP contribution in [0.3, 0.4) is 0 Å². The second kappa shape index (κ2) is 5.67. The van der Waals surface area contributed by atoms with Gasteiger partial charge in [-0.2, -0.15) is 0 Å². The van der Waals surface area contributed by atoms with Crippen molar-refractivity contribution >= 4 is 11.9 Å². The summed E-state index contributed by atoms with van der Waals surface area (Å²) in [7, 11) is 0. The van der Waals surface area contributed by atoms with Crippen molar-refractivity contribution in [2.45, 2.75) is 38.6 Å². The molecule has 1 saturated heterocycles. The molecule has 4 N–H and O–H groups in total. The number of amides is 1. The van der Waals surface area contributed by atoms with Crippen molar-refractivity contribution in [3.8, 4) is 0 Å². The summed E-state index contributed by atoms with van der Waals surface area (Å²) in [6.45, 7) is 4.42. The van der Waals surface area contributed by atoms with Crippen LogP contribution in [0.4, 0.5) is 0 Å². The van der Waals surface area contributed by atoms with Crippen molar-refractivity contribution in [3.05, 3.63) is 0 Å². The van der Waals surface area contributed by atoms with Gasteiger partial charge in [-0.25, -0.2) is 4.79 Å². The fourth-order valence-electron chi connectivity index (χ4n) is 1.96. The standard InChI is InChI=1S/C12H22N2O4/c1-3-11(2,10(16)17)14-9(15)12(8-13)4-6-18-7-5-12/h3-8,13H2,1-2H3,(H,14,15)(H,16,17). The number of carboxylic acid groups (broad SMARTS) is 1. The molecule has 18 heavy (non-hydrogen) atoms. The molecule has 1 amide bonds. The summed E-state index contributed by atoms with van der Waals surface area (Å²) in [6.07, 6.45) is 1.40. The average molecular weight is 258 g/mol. The van der Waals surface area contributed by atoms with Gasteiger partial charge >= 0.3 is 5.97 Å². The van der Waals surface area contributed by atoms with Crippen LogP contribution in [-0.2, 0) is 14.3 Å². The summed E-state index contributed by atoms with van der Waals surface area (Å²) in [6, 6.07) is 0. The van der Waals surface area contributed by atoms with Gasteiger partial charge in [0.1, 0.15) is 5.54 Å². The Hall–Kier alpha value is -1.14. The monoisotopic (exact) mass is 258 g/mol. The van der Waals surface area contributed by atoms with Crippen LogP contribution in [0.1, 0.15) is 33.1 Å². The van der Waals surface area contributed by atoms with Crippen LogP contribution in [0.5, 0.6) is 0 Å². The predicted octanol–water partition coefficient (Wildman–Crippen LogP) is 0.111. The Kier molecular flexibility index (Phi) is 4.70. The van der Waals surface area contributed by atoms with Crippen molar-refractivity contribution in [2.24, 2.45) is 11.1 Å². The first-order chi connectivity index (χ1) is 8.40. The van der Waals surface area contributed by atoms with Crippen LogP contribution in [-0.4, -0.2) is 42.3 Å². The molecule has 6 heteroatoms. The highest BCUT2D eigenvalue weighted by molar-refractivity contribution is 5.90. The van der Waals surface area contributed by atoms with Gasteiger partial charge in [0.2, 0.25) is 5.91 Å². The summed E-state index contributed by atoms with van der Waals surface area (Å²) < 4.78 is 5.23. The highest BCUT2D eigenvalue weighted by atomic mass is 16.5. The van der Waals surface area contributed by atoms with Crippen LogP contribution in [0.25, 0.3) is 0 Å². The third-order valence-electron chi connectivity index (χ3n) is 3.89. The molecule has 6 nitrogen and oxygen atoms in total. The molecule has 1 aliphatic heterocycles. The molecule has 1 fully saturated rings. The largest absolute Gasteiger partial charge is 0.480 e. The Labute approximate surface area is 107 Å². The fourth-order valence-corrected chi connectivity index (χ4v) is 1.96. The van der Waals surface area contributed by atoms with E-state index in [1.165, 1.54) is 6.92 Å². The first-order valence-electron chi connectivity index (χ1n) is 6.24. The van der Waals surface area contributed by atoms with Gasteiger partial charge in [-0.15, -0.1) is 0 Å². The first kappa shape index (κ1) is 14.9. The van der Waals surface area contributed by atoms with E-state index in [4.69, 9.17) is 15.6 Å². The smallest absolute Gasteiger partial charge is 0.329 e. The van der Waals surface area contributed by atoms with Crippen molar-refractivity contribution in [2.75, 3.05) is 19.8 Å². The zero-order valence-corrected chi connectivity index (χ0v) is 11.0. The fraction of sp³-hybridized carbons (Fsp3) is 0.833. The Morgan fingerprint density at radius 3 is 2.39 bits per heavy atom. The molecule has 0 aliphatic carbocycles. The minimum Gasteiger partial charge on any atom is -0.480 e. The van der Waals surface area contributed by atoms with Crippen LogP contribution in [0.2, 0.25) is 0 Å². The molecule has 1 rings (SSSR count). The molecule has 0 saturated carbocycles. The van der Waals surface area contributed by atoms with E-state index in [1.54, 1.807) is 6.92 Å². The molecular formula is C12H22N2O4. The minimum atomic E-state index is -1.24. The average Bonchev–Trinajstić information content (AvgIpc) is 2.38. The summed E-state index contributed by atoms with van der Waals surface area (Å²) in [4.78, 5) is 23.5. The number of carbonyl (C=O) groups excluding carboxylic acids is 1. The van der Waals surface area contributed by atoms with E-state index in [9.17, 15) is 9.59 Å². The number of nitrogens with one attached hydrogen (secondary N) is 1. The molecule has 104 valence electrons. The maximum Gasteiger partial charge on any atom is 0.329 e. The lowest BCUT2D eigenvalue weighted by Gasteiger charge is -2.37. The summed E-state index contributed by atoms with van der Waals surface area (Å²) in [5.74, 6) is -1.31. The number of carboxylic acids is 1. The molecule has 1 heterocycles. The Morgan fingerprint density at radius 1 is 1.44 bits per heavy atom. The molecule has 0 aromatic heterocycles. The number of aliphatic carboxylic acids is 1. The van der Waals surface area contributed by atoms with Gasteiger partial charge in [0.15, 0.2) is 0 Å². The summed E-state index contributed by atoms with van der Waals surface area (Å²) >= 11 is 0. The van der Waals surface area contributed by atoms with E-state index in [-0.39, 0.29) is 12.5 Å². The zero-order valence-electron chi connectivity index (χ0n) is 11.0. The normalized spacial score (nSPS) is 21.9. The van der Waals surface area contributed by atoms with Gasteiger partial charge in [0.05, 0.1) is 5.41 Å². The quantitative estimate of drug-likeness (QED) is 0.649. The van der Waals surface area contributed by atoms with E-state index < -0.39 is 16.9 Å². The number of ether oxygens (including phenoxy) is 1. The third-order valence-corrected chi connectivity index (χ3v) is 3.89. The van der Waals surface area contributed by atoms with Gasteiger partial charge in [0.25, 0.3) is 0 Å². The number of hydrogen-bond donors (Lipinski definition) is 3. The number of carbonyl (C=O) groups is 2. The molecule has 1 aliphatic rings. The Bertz CT molecular complexity index is 326. The molecule has 0 spiro atoms. The van der Waals surface area contributed by atoms with Gasteiger partial charge in [0, 0.05) is 19.8 Å². The zero-order chi connectivity index (χ0) is 13.8. The SMILES string of the molecule is CCC(C)(NC(=O)C1(CN)CCOCC1)C(=O)O. The first-order valence-corrected chi connectivity index (χ1v) is 6.24. The Balaban J connectivity index is 2.82. The lowest BCUT2D eigenvalue weighted by Crippen LogP contribution is -2.58. The van der Waals surface area contributed by atoms with Crippen molar-refractivity contribution in [3.63, 3.8) is 0 Å². The van der Waals surface area contributed by atoms with E-state index in [0.29, 0.717) is 32.5 Å². The maximum absolute atomic E-state index is 12.3. The van der Waals surface area contributed by atoms with Gasteiger partial charge in [-0.1, -0.05) is 6.92 Å². The lowest BCUT2D eigenvalue weighted by atomic mass is 9.78. The van der Waals surface area contributed by atoms with Crippen molar-refractivity contribution in [1.29, 1.82) is 0 Å². The van der Waals surface area contributed by atoms with Crippen molar-refractivity contribution < 1.29 is 19.4 Å². The highest BCUT2D eigenvalue weighted by Gasteiger charge is 2.43. The highest BCUT2D eigenvalue weighted by Crippen LogP contribution is 2.30. The summed E-state index contributed by atoms with van der Waals surface area (Å²) in [5.41, 5.74) is 3.78. The molecule has 0 aromatic carbocycles. The molecule has 1 atom stereocenters. The van der Waals surface area contributed by atoms with E-state index >= 15 is 0 Å². The van der Waals surface area contributed by atoms with Crippen LogP contribution < -0.4 is 11.1 Å². The summed E-state index contributed by atoms with van der Waals surface area (Å²) in [5, 5.41) is 11.8. The van der Waals surface area contributed by atoms with Gasteiger partial charge < -0.3 is 20.9 Å². The van der Waals surface area contributed by atoms with Gasteiger partial charge in [-0.3, -0.25) is 4.79 Å². The Morgan fingerprint density at radius 2 is 2.00 bits per heavy atom. The maximum atomic E-state index is 12.3. The van der Waals surface area contributed by atoms with Crippen LogP contribution in [0, 0.1) is 5.41 Å². The molecular weight excluding hydrogens is 236 g/mol. The van der Waals surface area contributed by atoms with Crippen LogP contribution >= 0.6 is 0 Å². The minimum absolute atomic E-state index is 0.210. The molecule has 0 aromatic rings. The van der Waals surface area contributed by atoms with Crippen LogP contribution in [0.15, 0.2) is 0 Å². The van der Waals surface area contributed by atoms with E-state index in [1.807, 2.05) is 0 Å². The third kappa shape index (κ3) is 2.81. The van der Waals surface area contributed by atoms with Crippen molar-refractivity contribution in [1.82, 2.24) is 5.32 Å². The second-order valence-electron chi connectivity index (χ2n) is 5.04. The second-order valence-corrected chi connectivity index (χ2v) is 5.04. The topological polar surface area (TPSA) is 102 Å². The van der Waals surface area contributed by atoms with E-state index in [2.05, 4.69) is 5.32 Å². The van der Waals surface area contributed by atoms with E-state index in [0.717, 1.165) is 0 Å². The predicted molar refractivity (Wildman–Crippen MR) is 66.0 cm³/mol. The number of rotatable bonds is 5. The van der Waals surface area contributed by atoms with Gasteiger partial charge in [-0.05, 0) is 26.2 Å². The number of nitrogens with two attached hydrogens (primary N) is 1. The molecule has 0 bridgehead atoms. The number of hydrogen-bond acceptors (Lipinski definition) is 4. The molecule has 1 unspecified atom stereocenters.